The Morgan fingerprint density at radius 2 is 2.07 bits per heavy atom. The summed E-state index contributed by atoms with van der Waals surface area (Å²) >= 11 is 0. The highest BCUT2D eigenvalue weighted by molar-refractivity contribution is 5.45. The fraction of sp³-hybridized carbons (Fsp3) is 0.700. The summed E-state index contributed by atoms with van der Waals surface area (Å²) < 4.78 is 1.78. The van der Waals surface area contributed by atoms with Gasteiger partial charge in [-0.25, -0.2) is 0 Å². The Balaban J connectivity index is 2.29. The maximum atomic E-state index is 6.01. The molecule has 2 rings (SSSR count). The third kappa shape index (κ3) is 1.50. The molecular weight excluding hydrogens is 176 g/mol. The molecule has 1 saturated heterocycles. The molecule has 0 unspecified atom stereocenters. The highest BCUT2D eigenvalue weighted by Gasteiger charge is 2.22. The second-order valence-corrected chi connectivity index (χ2v) is 4.03. The minimum atomic E-state index is 0.602. The van der Waals surface area contributed by atoms with Crippen molar-refractivity contribution in [1.29, 1.82) is 0 Å². The number of hydrogen-bond donors (Lipinski definition) is 2. The zero-order valence-corrected chi connectivity index (χ0v) is 8.88. The molecular formula is C10H18N4. The summed E-state index contributed by atoms with van der Waals surface area (Å²) in [4.78, 5) is 0. The van der Waals surface area contributed by atoms with Crippen LogP contribution in [0.15, 0.2) is 0 Å². The average molecular weight is 194 g/mol. The quantitative estimate of drug-likeness (QED) is 0.694. The van der Waals surface area contributed by atoms with Crippen LogP contribution in [0.4, 0.5) is 5.82 Å². The molecule has 4 heteroatoms. The van der Waals surface area contributed by atoms with Gasteiger partial charge in [0.05, 0.1) is 5.69 Å². The smallest absolute Gasteiger partial charge is 0.125 e. The monoisotopic (exact) mass is 194 g/mol. The summed E-state index contributed by atoms with van der Waals surface area (Å²) in [6.45, 7) is 4.24. The Morgan fingerprint density at radius 1 is 1.43 bits per heavy atom. The second-order valence-electron chi connectivity index (χ2n) is 4.03. The molecule has 0 aliphatic carbocycles. The van der Waals surface area contributed by atoms with Crippen molar-refractivity contribution in [3.8, 4) is 0 Å². The second kappa shape index (κ2) is 3.61. The lowest BCUT2D eigenvalue weighted by Gasteiger charge is -2.22. The number of aromatic nitrogens is 2. The standard InChI is InChI=1S/C10H18N4/c1-7-9(10(11)14(2)13-7)8-3-5-12-6-4-8/h8,12H,3-6,11H2,1-2H3. The Kier molecular flexibility index (Phi) is 2.46. The van der Waals surface area contributed by atoms with Crippen LogP contribution in [0.2, 0.25) is 0 Å². The Bertz CT molecular complexity index is 323. The average Bonchev–Trinajstić information content (AvgIpc) is 2.43. The molecule has 0 atom stereocenters. The van der Waals surface area contributed by atoms with Crippen molar-refractivity contribution in [2.24, 2.45) is 7.05 Å². The van der Waals surface area contributed by atoms with E-state index in [9.17, 15) is 0 Å². The van der Waals surface area contributed by atoms with Crippen LogP contribution >= 0.6 is 0 Å². The van der Waals surface area contributed by atoms with Gasteiger partial charge in [-0.1, -0.05) is 0 Å². The van der Waals surface area contributed by atoms with Crippen molar-refractivity contribution in [3.63, 3.8) is 0 Å². The molecule has 0 bridgehead atoms. The topological polar surface area (TPSA) is 55.9 Å². The fourth-order valence-electron chi connectivity index (χ4n) is 2.31. The summed E-state index contributed by atoms with van der Waals surface area (Å²) in [6.07, 6.45) is 2.35. The molecule has 0 aromatic carbocycles. The zero-order valence-electron chi connectivity index (χ0n) is 8.88. The van der Waals surface area contributed by atoms with E-state index in [-0.39, 0.29) is 0 Å². The van der Waals surface area contributed by atoms with Crippen LogP contribution in [0, 0.1) is 6.92 Å². The van der Waals surface area contributed by atoms with Crippen molar-refractivity contribution < 1.29 is 0 Å². The summed E-state index contributed by atoms with van der Waals surface area (Å²) in [7, 11) is 1.91. The molecule has 1 fully saturated rings. The predicted molar refractivity (Wildman–Crippen MR) is 57.2 cm³/mol. The highest BCUT2D eigenvalue weighted by atomic mass is 15.3. The van der Waals surface area contributed by atoms with Gasteiger partial charge in [-0.05, 0) is 38.8 Å². The Hall–Kier alpha value is -1.03. The van der Waals surface area contributed by atoms with Gasteiger partial charge in [-0.2, -0.15) is 5.10 Å². The van der Waals surface area contributed by atoms with E-state index in [4.69, 9.17) is 5.73 Å². The van der Waals surface area contributed by atoms with E-state index in [1.54, 1.807) is 4.68 Å². The van der Waals surface area contributed by atoms with Crippen LogP contribution < -0.4 is 11.1 Å². The molecule has 78 valence electrons. The van der Waals surface area contributed by atoms with E-state index in [0.29, 0.717) is 5.92 Å². The van der Waals surface area contributed by atoms with Crippen LogP contribution in [0.25, 0.3) is 0 Å². The van der Waals surface area contributed by atoms with E-state index in [1.165, 1.54) is 18.4 Å². The number of nitrogens with one attached hydrogen (secondary N) is 1. The van der Waals surface area contributed by atoms with Crippen molar-refractivity contribution in [3.05, 3.63) is 11.3 Å². The molecule has 14 heavy (non-hydrogen) atoms. The number of hydrogen-bond acceptors (Lipinski definition) is 3. The van der Waals surface area contributed by atoms with Crippen LogP contribution in [0.1, 0.15) is 30.0 Å². The number of nitrogens with zero attached hydrogens (tertiary/aromatic N) is 2. The predicted octanol–water partition coefficient (Wildman–Crippen LogP) is 0.778. The normalized spacial score (nSPS) is 18.7. The molecule has 2 heterocycles. The van der Waals surface area contributed by atoms with E-state index in [0.717, 1.165) is 24.6 Å². The molecule has 0 saturated carbocycles. The summed E-state index contributed by atoms with van der Waals surface area (Å²) in [5.41, 5.74) is 8.38. The molecule has 1 aliphatic heterocycles. The SMILES string of the molecule is Cc1nn(C)c(N)c1C1CCNCC1. The first-order valence-corrected chi connectivity index (χ1v) is 5.20. The number of piperidine rings is 1. The third-order valence-corrected chi connectivity index (χ3v) is 3.06. The number of nitrogens with two attached hydrogens (primary N) is 1. The van der Waals surface area contributed by atoms with Gasteiger partial charge in [0.1, 0.15) is 5.82 Å². The first-order valence-electron chi connectivity index (χ1n) is 5.20. The molecule has 3 N–H and O–H groups in total. The largest absolute Gasteiger partial charge is 0.384 e. The maximum absolute atomic E-state index is 6.01. The lowest BCUT2D eigenvalue weighted by Crippen LogP contribution is -2.27. The zero-order chi connectivity index (χ0) is 10.1. The number of anilines is 1. The Morgan fingerprint density at radius 3 is 2.57 bits per heavy atom. The van der Waals surface area contributed by atoms with Crippen LogP contribution in [-0.4, -0.2) is 22.9 Å². The summed E-state index contributed by atoms with van der Waals surface area (Å²) in [6, 6.07) is 0. The molecule has 0 amide bonds. The number of rotatable bonds is 1. The van der Waals surface area contributed by atoms with E-state index in [2.05, 4.69) is 10.4 Å². The minimum Gasteiger partial charge on any atom is -0.384 e. The van der Waals surface area contributed by atoms with Gasteiger partial charge < -0.3 is 11.1 Å². The van der Waals surface area contributed by atoms with Gasteiger partial charge in [0, 0.05) is 12.6 Å². The van der Waals surface area contributed by atoms with Crippen molar-refractivity contribution in [2.75, 3.05) is 18.8 Å². The van der Waals surface area contributed by atoms with E-state index >= 15 is 0 Å². The van der Waals surface area contributed by atoms with Crippen molar-refractivity contribution in [2.45, 2.75) is 25.7 Å². The lowest BCUT2D eigenvalue weighted by atomic mass is 9.90. The Labute approximate surface area is 84.5 Å². The summed E-state index contributed by atoms with van der Waals surface area (Å²) in [5.74, 6) is 1.44. The molecule has 1 aromatic rings. The first-order chi connectivity index (χ1) is 6.70. The van der Waals surface area contributed by atoms with E-state index in [1.807, 2.05) is 14.0 Å². The van der Waals surface area contributed by atoms with Crippen LogP contribution in [0.3, 0.4) is 0 Å². The summed E-state index contributed by atoms with van der Waals surface area (Å²) in [5, 5.41) is 7.72. The molecule has 4 nitrogen and oxygen atoms in total. The van der Waals surface area contributed by atoms with Crippen LogP contribution in [-0.2, 0) is 7.05 Å². The van der Waals surface area contributed by atoms with Gasteiger partial charge >= 0.3 is 0 Å². The first kappa shape index (κ1) is 9.52. The molecule has 1 aliphatic rings. The number of aryl methyl sites for hydroxylation is 2. The minimum absolute atomic E-state index is 0.602. The van der Waals surface area contributed by atoms with Crippen LogP contribution in [0.5, 0.6) is 0 Å². The van der Waals surface area contributed by atoms with Gasteiger partial charge in [0.25, 0.3) is 0 Å². The van der Waals surface area contributed by atoms with Crippen molar-refractivity contribution in [1.82, 2.24) is 15.1 Å². The highest BCUT2D eigenvalue weighted by Crippen LogP contribution is 2.31. The molecule has 1 aromatic heterocycles. The fourth-order valence-corrected chi connectivity index (χ4v) is 2.31. The van der Waals surface area contributed by atoms with Gasteiger partial charge in [0.2, 0.25) is 0 Å². The maximum Gasteiger partial charge on any atom is 0.125 e. The molecule has 0 radical (unpaired) electrons. The van der Waals surface area contributed by atoms with Crippen molar-refractivity contribution >= 4 is 5.82 Å². The van der Waals surface area contributed by atoms with Gasteiger partial charge in [-0.3, -0.25) is 4.68 Å². The van der Waals surface area contributed by atoms with Gasteiger partial charge in [-0.15, -0.1) is 0 Å². The lowest BCUT2D eigenvalue weighted by molar-refractivity contribution is 0.460. The number of nitrogen functional groups attached to an aromatic ring is 1. The van der Waals surface area contributed by atoms with Gasteiger partial charge in [0.15, 0.2) is 0 Å². The molecule has 0 spiro atoms. The van der Waals surface area contributed by atoms with E-state index < -0.39 is 0 Å². The third-order valence-electron chi connectivity index (χ3n) is 3.06.